The number of allylic oxidation sites excluding steroid dienone is 1. The number of likely N-dealkylation sites (N-methyl/N-ethyl adjacent to an activating group) is 1. The third-order valence-corrected chi connectivity index (χ3v) is 7.00. The number of non-ortho nitro benzene ring substituents is 1. The van der Waals surface area contributed by atoms with E-state index >= 15 is 4.39 Å². The number of nitro benzene ring substituents is 1. The van der Waals surface area contributed by atoms with Crippen molar-refractivity contribution in [3.05, 3.63) is 86.0 Å². The van der Waals surface area contributed by atoms with Gasteiger partial charge in [0.25, 0.3) is 5.69 Å². The molecule has 1 saturated heterocycles. The van der Waals surface area contributed by atoms with E-state index in [-0.39, 0.29) is 22.7 Å². The maximum Gasteiger partial charge on any atom is 0.269 e. The second kappa shape index (κ2) is 9.66. The molecule has 2 heterocycles. The summed E-state index contributed by atoms with van der Waals surface area (Å²) in [5, 5.41) is 11.0. The van der Waals surface area contributed by atoms with Gasteiger partial charge in [0.15, 0.2) is 5.78 Å². The van der Waals surface area contributed by atoms with Crippen molar-refractivity contribution in [3.8, 4) is 0 Å². The molecule has 0 N–H and O–H groups in total. The second-order valence-electron chi connectivity index (χ2n) is 9.30. The number of anilines is 1. The Morgan fingerprint density at radius 3 is 2.44 bits per heavy atom. The number of piperazine rings is 1. The zero-order valence-corrected chi connectivity index (χ0v) is 20.0. The van der Waals surface area contributed by atoms with Crippen LogP contribution in [0.15, 0.2) is 53.5 Å². The van der Waals surface area contributed by atoms with E-state index in [9.17, 15) is 19.7 Å². The molecular weight excluding hydrogens is 463 g/mol. The molecule has 9 heteroatoms. The fourth-order valence-corrected chi connectivity index (χ4v) is 4.71. The van der Waals surface area contributed by atoms with Crippen LogP contribution in [0.5, 0.6) is 0 Å². The first-order valence-electron chi connectivity index (χ1n) is 12.2. The molecule has 36 heavy (non-hydrogen) atoms. The lowest BCUT2D eigenvalue weighted by molar-refractivity contribution is -0.384. The molecule has 5 rings (SSSR count). The lowest BCUT2D eigenvalue weighted by Crippen LogP contribution is -2.46. The molecule has 8 nitrogen and oxygen atoms in total. The lowest BCUT2D eigenvalue weighted by atomic mass is 10.1. The molecule has 2 aromatic carbocycles. The molecular formula is C27H27FN4O4. The van der Waals surface area contributed by atoms with Gasteiger partial charge in [0.1, 0.15) is 5.82 Å². The molecule has 0 unspecified atom stereocenters. The van der Waals surface area contributed by atoms with E-state index in [0.717, 1.165) is 32.5 Å². The van der Waals surface area contributed by atoms with Crippen molar-refractivity contribution in [2.75, 3.05) is 37.6 Å². The van der Waals surface area contributed by atoms with Crippen LogP contribution < -0.4 is 10.3 Å². The maximum absolute atomic E-state index is 15.3. The molecule has 1 aliphatic heterocycles. The highest BCUT2D eigenvalue weighted by molar-refractivity contribution is 6.08. The quantitative estimate of drug-likeness (QED) is 0.211. The molecule has 2 fully saturated rings. The van der Waals surface area contributed by atoms with Crippen molar-refractivity contribution in [2.24, 2.45) is 0 Å². The molecule has 0 spiro atoms. The summed E-state index contributed by atoms with van der Waals surface area (Å²) in [4.78, 5) is 41.0. The van der Waals surface area contributed by atoms with E-state index in [1.54, 1.807) is 12.3 Å². The van der Waals surface area contributed by atoms with Crippen molar-refractivity contribution < 1.29 is 14.1 Å². The monoisotopic (exact) mass is 490 g/mol. The van der Waals surface area contributed by atoms with Crippen LogP contribution >= 0.6 is 0 Å². The molecule has 0 amide bonds. The number of fused-ring (bicyclic) bond motifs is 1. The zero-order valence-electron chi connectivity index (χ0n) is 20.0. The fraction of sp³-hybridized carbons (Fsp3) is 0.333. The molecule has 0 atom stereocenters. The number of rotatable bonds is 7. The van der Waals surface area contributed by atoms with Gasteiger partial charge < -0.3 is 14.4 Å². The summed E-state index contributed by atoms with van der Waals surface area (Å²) in [5.41, 5.74) is 1.17. The van der Waals surface area contributed by atoms with Crippen LogP contribution in [-0.2, 0) is 0 Å². The Balaban J connectivity index is 1.49. The number of halogens is 1. The average Bonchev–Trinajstić information content (AvgIpc) is 3.73. The van der Waals surface area contributed by atoms with Crippen LogP contribution in [-0.4, -0.2) is 52.9 Å². The number of carbonyl (C=O) groups is 1. The number of carbonyl (C=O) groups excluding carboxylic acids is 1. The number of pyridine rings is 1. The van der Waals surface area contributed by atoms with Gasteiger partial charge in [-0.1, -0.05) is 13.0 Å². The van der Waals surface area contributed by atoms with Crippen LogP contribution in [0.25, 0.3) is 17.0 Å². The number of benzene rings is 2. The minimum Gasteiger partial charge on any atom is -0.367 e. The number of aromatic nitrogens is 1. The van der Waals surface area contributed by atoms with Gasteiger partial charge in [-0.2, -0.15) is 0 Å². The molecule has 1 aliphatic carbocycles. The molecule has 3 aromatic rings. The summed E-state index contributed by atoms with van der Waals surface area (Å²) in [7, 11) is 0. The second-order valence-corrected chi connectivity index (χ2v) is 9.30. The van der Waals surface area contributed by atoms with E-state index in [1.807, 2.05) is 9.47 Å². The molecule has 0 bridgehead atoms. The van der Waals surface area contributed by atoms with Crippen LogP contribution in [0.2, 0.25) is 0 Å². The molecule has 1 saturated carbocycles. The van der Waals surface area contributed by atoms with Gasteiger partial charge in [0.05, 0.1) is 21.7 Å². The van der Waals surface area contributed by atoms with Crippen LogP contribution in [0.1, 0.15) is 41.7 Å². The first kappa shape index (κ1) is 23.9. The predicted octanol–water partition coefficient (Wildman–Crippen LogP) is 4.42. The van der Waals surface area contributed by atoms with Gasteiger partial charge in [-0.3, -0.25) is 19.7 Å². The summed E-state index contributed by atoms with van der Waals surface area (Å²) in [5.74, 6) is -0.951. The van der Waals surface area contributed by atoms with E-state index < -0.39 is 22.0 Å². The first-order chi connectivity index (χ1) is 17.4. The highest BCUT2D eigenvalue weighted by Gasteiger charge is 2.28. The van der Waals surface area contributed by atoms with E-state index in [0.29, 0.717) is 29.9 Å². The topological polar surface area (TPSA) is 88.7 Å². The number of ketones is 1. The smallest absolute Gasteiger partial charge is 0.269 e. The highest BCUT2D eigenvalue weighted by atomic mass is 19.1. The SMILES string of the molecule is CCN1CCN(c2cc3c(cc2F)c(=O)c(C(=O)/C=C/c2ccc([N+](=O)[O-])cc2)cn3C2CC2)CC1. The van der Waals surface area contributed by atoms with Gasteiger partial charge in [-0.05, 0) is 55.3 Å². The standard InChI is InChI=1S/C27H27FN4O4/c1-2-29-11-13-30(14-12-29)25-16-24-21(15-23(25)28)27(34)22(17-31(24)19-8-9-19)26(33)10-5-18-3-6-20(7-4-18)32(35)36/h3-7,10,15-17,19H,2,8-9,11-14H2,1H3/b10-5+. The van der Waals surface area contributed by atoms with E-state index in [2.05, 4.69) is 11.8 Å². The Morgan fingerprint density at radius 1 is 1.14 bits per heavy atom. The molecule has 0 radical (unpaired) electrons. The third kappa shape index (κ3) is 4.66. The zero-order chi connectivity index (χ0) is 25.4. The summed E-state index contributed by atoms with van der Waals surface area (Å²) in [6, 6.07) is 8.96. The Kier molecular flexibility index (Phi) is 6.40. The maximum atomic E-state index is 15.3. The fourth-order valence-electron chi connectivity index (χ4n) is 4.71. The summed E-state index contributed by atoms with van der Waals surface area (Å²) >= 11 is 0. The van der Waals surface area contributed by atoms with Crippen molar-refractivity contribution in [3.63, 3.8) is 0 Å². The average molecular weight is 491 g/mol. The molecule has 186 valence electrons. The van der Waals surface area contributed by atoms with Gasteiger partial charge in [-0.25, -0.2) is 4.39 Å². The highest BCUT2D eigenvalue weighted by Crippen LogP contribution is 2.38. The Hall–Kier alpha value is -3.85. The van der Waals surface area contributed by atoms with Crippen molar-refractivity contribution in [1.29, 1.82) is 0 Å². The lowest BCUT2D eigenvalue weighted by Gasteiger charge is -2.35. The number of hydrogen-bond donors (Lipinski definition) is 0. The normalized spacial score (nSPS) is 16.7. The molecule has 2 aliphatic rings. The number of nitro groups is 1. The van der Waals surface area contributed by atoms with Crippen molar-refractivity contribution >= 4 is 34.1 Å². The first-order valence-corrected chi connectivity index (χ1v) is 12.2. The minimum atomic E-state index is -0.499. The largest absolute Gasteiger partial charge is 0.367 e. The van der Waals surface area contributed by atoms with E-state index in [4.69, 9.17) is 0 Å². The number of hydrogen-bond acceptors (Lipinski definition) is 6. The molecule has 1 aromatic heterocycles. The summed E-state index contributed by atoms with van der Waals surface area (Å²) in [6.07, 6.45) is 6.26. The Labute approximate surface area is 207 Å². The Morgan fingerprint density at radius 2 is 1.83 bits per heavy atom. The van der Waals surface area contributed by atoms with Crippen molar-refractivity contribution in [2.45, 2.75) is 25.8 Å². The minimum absolute atomic E-state index is 0.0173. The van der Waals surface area contributed by atoms with Crippen molar-refractivity contribution in [1.82, 2.24) is 9.47 Å². The van der Waals surface area contributed by atoms with Gasteiger partial charge in [-0.15, -0.1) is 0 Å². The van der Waals surface area contributed by atoms with Gasteiger partial charge in [0.2, 0.25) is 5.43 Å². The predicted molar refractivity (Wildman–Crippen MR) is 137 cm³/mol. The Bertz CT molecular complexity index is 1420. The third-order valence-electron chi connectivity index (χ3n) is 7.00. The van der Waals surface area contributed by atoms with Gasteiger partial charge >= 0.3 is 0 Å². The summed E-state index contributed by atoms with van der Waals surface area (Å²) < 4.78 is 17.2. The van der Waals surface area contributed by atoms with Crippen LogP contribution in [0.3, 0.4) is 0 Å². The summed E-state index contributed by atoms with van der Waals surface area (Å²) in [6.45, 7) is 6.23. The van der Waals surface area contributed by atoms with Gasteiger partial charge in [0, 0.05) is 55.9 Å². The number of nitrogens with zero attached hydrogens (tertiary/aromatic N) is 4. The van der Waals surface area contributed by atoms with Crippen LogP contribution in [0.4, 0.5) is 15.8 Å². The van der Waals surface area contributed by atoms with Crippen LogP contribution in [0, 0.1) is 15.9 Å². The van der Waals surface area contributed by atoms with E-state index in [1.165, 1.54) is 42.5 Å².